The van der Waals surface area contributed by atoms with Crippen LogP contribution in [0.5, 0.6) is 11.6 Å². The standard InChI is InChI=1S/C24H24N2O4/c1-28-19-5-2-4-16(13-19)17-7-8-21-18(12-17)9-10-26-22(21)14-23(25-24(26)27)30-15-20-6-3-11-29-20/h2,4-5,7-8,12-14,20H,3,6,9-11,15H2,1H3. The van der Waals surface area contributed by atoms with Crippen LogP contribution in [0.4, 0.5) is 0 Å². The van der Waals surface area contributed by atoms with Crippen molar-refractivity contribution in [1.82, 2.24) is 9.55 Å². The molecular weight excluding hydrogens is 380 g/mol. The molecule has 1 atom stereocenters. The van der Waals surface area contributed by atoms with Crippen LogP contribution in [0.2, 0.25) is 0 Å². The summed E-state index contributed by atoms with van der Waals surface area (Å²) in [4.78, 5) is 16.7. The molecule has 0 aliphatic carbocycles. The molecule has 0 amide bonds. The first-order chi connectivity index (χ1) is 14.7. The summed E-state index contributed by atoms with van der Waals surface area (Å²) in [6.07, 6.45) is 2.91. The molecule has 30 heavy (non-hydrogen) atoms. The van der Waals surface area contributed by atoms with Crippen LogP contribution in [0, 0.1) is 0 Å². The molecule has 6 heteroatoms. The Morgan fingerprint density at radius 3 is 2.90 bits per heavy atom. The second kappa shape index (κ2) is 7.95. The number of hydrogen-bond donors (Lipinski definition) is 0. The minimum Gasteiger partial charge on any atom is -0.497 e. The van der Waals surface area contributed by atoms with E-state index >= 15 is 0 Å². The molecule has 0 spiro atoms. The number of ether oxygens (including phenoxy) is 3. The van der Waals surface area contributed by atoms with Gasteiger partial charge in [-0.3, -0.25) is 4.57 Å². The van der Waals surface area contributed by atoms with E-state index in [4.69, 9.17) is 14.2 Å². The van der Waals surface area contributed by atoms with E-state index in [0.717, 1.165) is 54.0 Å². The van der Waals surface area contributed by atoms with Crippen molar-refractivity contribution >= 4 is 0 Å². The van der Waals surface area contributed by atoms with Crippen molar-refractivity contribution in [3.63, 3.8) is 0 Å². The Morgan fingerprint density at radius 1 is 1.17 bits per heavy atom. The lowest BCUT2D eigenvalue weighted by molar-refractivity contribution is 0.0661. The minimum absolute atomic E-state index is 0.0864. The second-order valence-corrected chi connectivity index (χ2v) is 7.71. The van der Waals surface area contributed by atoms with Crippen LogP contribution in [0.15, 0.2) is 53.3 Å². The largest absolute Gasteiger partial charge is 0.497 e. The van der Waals surface area contributed by atoms with Gasteiger partial charge < -0.3 is 14.2 Å². The SMILES string of the molecule is COc1cccc(-c2ccc3c(c2)CCn2c-3cc(OCC3CCCO3)nc2=O)c1. The second-order valence-electron chi connectivity index (χ2n) is 7.71. The van der Waals surface area contributed by atoms with Gasteiger partial charge in [0.1, 0.15) is 12.4 Å². The van der Waals surface area contributed by atoms with Crippen molar-refractivity contribution in [2.45, 2.75) is 31.9 Å². The van der Waals surface area contributed by atoms with Crippen molar-refractivity contribution < 1.29 is 14.2 Å². The highest BCUT2D eigenvalue weighted by atomic mass is 16.5. The number of aromatic nitrogens is 2. The van der Waals surface area contributed by atoms with Crippen LogP contribution in [0.3, 0.4) is 0 Å². The van der Waals surface area contributed by atoms with E-state index in [1.807, 2.05) is 24.3 Å². The van der Waals surface area contributed by atoms with Crippen molar-refractivity contribution in [3.05, 3.63) is 64.6 Å². The lowest BCUT2D eigenvalue weighted by Crippen LogP contribution is -2.29. The van der Waals surface area contributed by atoms with Gasteiger partial charge in [-0.25, -0.2) is 4.79 Å². The molecule has 1 unspecified atom stereocenters. The molecule has 1 aromatic heterocycles. The van der Waals surface area contributed by atoms with Crippen molar-refractivity contribution in [2.24, 2.45) is 0 Å². The first-order valence-corrected chi connectivity index (χ1v) is 10.4. The molecule has 2 aromatic carbocycles. The van der Waals surface area contributed by atoms with E-state index in [2.05, 4.69) is 29.2 Å². The number of fused-ring (bicyclic) bond motifs is 3. The maximum atomic E-state index is 12.6. The Bertz CT molecular complexity index is 1130. The normalized spacial score (nSPS) is 17.3. The van der Waals surface area contributed by atoms with E-state index in [1.165, 1.54) is 5.56 Å². The molecular formula is C24H24N2O4. The Kier molecular flexibility index (Phi) is 5.01. The highest BCUT2D eigenvalue weighted by Gasteiger charge is 2.21. The smallest absolute Gasteiger partial charge is 0.351 e. The molecule has 3 aromatic rings. The van der Waals surface area contributed by atoms with Crippen LogP contribution in [-0.2, 0) is 17.7 Å². The zero-order chi connectivity index (χ0) is 20.5. The van der Waals surface area contributed by atoms with Gasteiger partial charge in [0.05, 0.1) is 18.9 Å². The molecule has 0 bridgehead atoms. The van der Waals surface area contributed by atoms with Gasteiger partial charge in [0, 0.05) is 24.8 Å². The molecule has 154 valence electrons. The van der Waals surface area contributed by atoms with Gasteiger partial charge in [-0.2, -0.15) is 4.98 Å². The summed E-state index contributed by atoms with van der Waals surface area (Å²) in [5, 5.41) is 0. The summed E-state index contributed by atoms with van der Waals surface area (Å²) >= 11 is 0. The lowest BCUT2D eigenvalue weighted by Gasteiger charge is -2.22. The first kappa shape index (κ1) is 18.9. The van der Waals surface area contributed by atoms with Gasteiger partial charge in [-0.05, 0) is 48.1 Å². The van der Waals surface area contributed by atoms with E-state index in [0.29, 0.717) is 19.0 Å². The number of aryl methyl sites for hydroxylation is 1. The molecule has 1 saturated heterocycles. The number of benzene rings is 2. The Labute approximate surface area is 175 Å². The highest BCUT2D eigenvalue weighted by Crippen LogP contribution is 2.34. The molecule has 0 saturated carbocycles. The van der Waals surface area contributed by atoms with Gasteiger partial charge in [0.15, 0.2) is 0 Å². The summed E-state index contributed by atoms with van der Waals surface area (Å²) in [7, 11) is 1.67. The Morgan fingerprint density at radius 2 is 2.07 bits per heavy atom. The van der Waals surface area contributed by atoms with Crippen LogP contribution < -0.4 is 15.2 Å². The molecule has 0 N–H and O–H groups in total. The fraction of sp³-hybridized carbons (Fsp3) is 0.333. The third-order valence-electron chi connectivity index (χ3n) is 5.82. The molecule has 2 aliphatic heterocycles. The summed E-state index contributed by atoms with van der Waals surface area (Å²) in [5.41, 5.74) is 5.09. The third-order valence-corrected chi connectivity index (χ3v) is 5.82. The van der Waals surface area contributed by atoms with Gasteiger partial charge in [0.2, 0.25) is 5.88 Å². The molecule has 0 radical (unpaired) electrons. The third kappa shape index (κ3) is 3.59. The Hall–Kier alpha value is -3.12. The Balaban J connectivity index is 1.47. The fourth-order valence-corrected chi connectivity index (χ4v) is 4.22. The minimum atomic E-state index is -0.266. The number of rotatable bonds is 5. The monoisotopic (exact) mass is 404 g/mol. The predicted octanol–water partition coefficient (Wildman–Crippen LogP) is 3.70. The van der Waals surface area contributed by atoms with Gasteiger partial charge in [-0.1, -0.05) is 30.3 Å². The molecule has 3 heterocycles. The van der Waals surface area contributed by atoms with Crippen molar-refractivity contribution in [2.75, 3.05) is 20.3 Å². The van der Waals surface area contributed by atoms with Gasteiger partial charge in [0.25, 0.3) is 0 Å². The average Bonchev–Trinajstić information content (AvgIpc) is 3.31. The quantitative estimate of drug-likeness (QED) is 0.649. The van der Waals surface area contributed by atoms with Crippen molar-refractivity contribution in [3.8, 4) is 34.0 Å². The van der Waals surface area contributed by atoms with Gasteiger partial charge in [-0.15, -0.1) is 0 Å². The zero-order valence-corrected chi connectivity index (χ0v) is 17.0. The predicted molar refractivity (Wildman–Crippen MR) is 114 cm³/mol. The fourth-order valence-electron chi connectivity index (χ4n) is 4.22. The summed E-state index contributed by atoms with van der Waals surface area (Å²) < 4.78 is 18.5. The van der Waals surface area contributed by atoms with Crippen LogP contribution in [0.1, 0.15) is 18.4 Å². The topological polar surface area (TPSA) is 62.6 Å². The molecule has 5 rings (SSSR count). The highest BCUT2D eigenvalue weighted by molar-refractivity contribution is 5.74. The number of hydrogen-bond acceptors (Lipinski definition) is 5. The van der Waals surface area contributed by atoms with Gasteiger partial charge >= 0.3 is 5.69 Å². The van der Waals surface area contributed by atoms with Crippen LogP contribution in [0.25, 0.3) is 22.4 Å². The van der Waals surface area contributed by atoms with Crippen LogP contribution >= 0.6 is 0 Å². The number of nitrogens with zero attached hydrogens (tertiary/aromatic N) is 2. The zero-order valence-electron chi connectivity index (χ0n) is 17.0. The summed E-state index contributed by atoms with van der Waals surface area (Å²) in [6.45, 7) is 1.82. The van der Waals surface area contributed by atoms with E-state index in [1.54, 1.807) is 11.7 Å². The number of methoxy groups -OCH3 is 1. The molecule has 1 fully saturated rings. The summed E-state index contributed by atoms with van der Waals surface area (Å²) in [6, 6.07) is 16.3. The maximum absolute atomic E-state index is 12.6. The summed E-state index contributed by atoms with van der Waals surface area (Å²) in [5.74, 6) is 1.20. The maximum Gasteiger partial charge on any atom is 0.351 e. The van der Waals surface area contributed by atoms with E-state index in [-0.39, 0.29) is 11.8 Å². The van der Waals surface area contributed by atoms with E-state index in [9.17, 15) is 4.79 Å². The van der Waals surface area contributed by atoms with E-state index < -0.39 is 0 Å². The molecule has 2 aliphatic rings. The lowest BCUT2D eigenvalue weighted by atomic mass is 9.93. The first-order valence-electron chi connectivity index (χ1n) is 10.4. The van der Waals surface area contributed by atoms with Crippen LogP contribution in [-0.4, -0.2) is 36.0 Å². The molecule has 6 nitrogen and oxygen atoms in total. The average molecular weight is 404 g/mol. The van der Waals surface area contributed by atoms with Crippen molar-refractivity contribution in [1.29, 1.82) is 0 Å².